The van der Waals surface area contributed by atoms with Crippen LogP contribution in [0.5, 0.6) is 0 Å². The van der Waals surface area contributed by atoms with E-state index >= 15 is 0 Å². The van der Waals surface area contributed by atoms with Gasteiger partial charge in [0, 0.05) is 32.7 Å². The number of benzene rings is 1. The van der Waals surface area contributed by atoms with Gasteiger partial charge in [-0.2, -0.15) is 0 Å². The minimum absolute atomic E-state index is 0.283. The van der Waals surface area contributed by atoms with Crippen molar-refractivity contribution in [2.24, 2.45) is 11.7 Å². The van der Waals surface area contributed by atoms with Crippen LogP contribution in [0.15, 0.2) is 18.2 Å². The van der Waals surface area contributed by atoms with Crippen LogP contribution in [-0.4, -0.2) is 77.8 Å². The Hall–Kier alpha value is -0.865. The molecule has 1 atom stereocenters. The van der Waals surface area contributed by atoms with Crippen LogP contribution in [0.4, 0.5) is 0 Å². The predicted octanol–water partition coefficient (Wildman–Crippen LogP) is 3.82. The molecule has 0 bridgehead atoms. The van der Waals surface area contributed by atoms with Crippen molar-refractivity contribution in [3.63, 3.8) is 0 Å². The van der Waals surface area contributed by atoms with Gasteiger partial charge in [-0.15, -0.1) is 0 Å². The third-order valence-corrected chi connectivity index (χ3v) is 7.36. The predicted molar refractivity (Wildman–Crippen MR) is 144 cm³/mol. The van der Waals surface area contributed by atoms with E-state index in [-0.39, 0.29) is 12.3 Å². The van der Waals surface area contributed by atoms with Gasteiger partial charge >= 0.3 is 13.1 Å². The third-order valence-electron chi connectivity index (χ3n) is 6.62. The van der Waals surface area contributed by atoms with E-state index in [4.69, 9.17) is 43.7 Å². The lowest BCUT2D eigenvalue weighted by molar-refractivity contribution is -0.151. The average molecular weight is 530 g/mol. The standard InChI is InChI=1S/C25H42BCl2N3O4/c1-20(2)8-17-35-24(32)25(29,9-3-4-11-26(33)34)10-5-12-30-13-15-31(16-14-30)19-21-6-7-22(27)23(28)18-21/h6-7,18,20,33-34H,3-5,8-17,19,29H2,1-2H3. The van der Waals surface area contributed by atoms with Crippen LogP contribution < -0.4 is 5.73 Å². The molecule has 1 aliphatic heterocycles. The lowest BCUT2D eigenvalue weighted by Crippen LogP contribution is -2.50. The second-order valence-electron chi connectivity index (χ2n) is 10.2. The molecule has 0 saturated carbocycles. The summed E-state index contributed by atoms with van der Waals surface area (Å²) < 4.78 is 5.52. The Morgan fingerprint density at radius 1 is 1.09 bits per heavy atom. The van der Waals surface area contributed by atoms with Gasteiger partial charge in [-0.05, 0) is 62.2 Å². The molecule has 0 aromatic heterocycles. The fraction of sp³-hybridized carbons (Fsp3) is 0.720. The minimum atomic E-state index is -1.32. The van der Waals surface area contributed by atoms with Crippen LogP contribution in [0.1, 0.15) is 57.9 Å². The molecule has 0 aliphatic carbocycles. The SMILES string of the molecule is CC(C)CCOC(=O)C(N)(CCCCB(O)O)CCCN1CCN(Cc2ccc(Cl)c(Cl)c2)CC1. The monoisotopic (exact) mass is 529 g/mol. The molecular weight excluding hydrogens is 488 g/mol. The van der Waals surface area contributed by atoms with Crippen molar-refractivity contribution in [2.45, 2.75) is 70.8 Å². The van der Waals surface area contributed by atoms with Gasteiger partial charge in [0.1, 0.15) is 5.54 Å². The van der Waals surface area contributed by atoms with Gasteiger partial charge in [0.05, 0.1) is 16.7 Å². The van der Waals surface area contributed by atoms with Crippen LogP contribution in [0.25, 0.3) is 0 Å². The zero-order valence-electron chi connectivity index (χ0n) is 21.2. The van der Waals surface area contributed by atoms with Gasteiger partial charge in [-0.25, -0.2) is 0 Å². The van der Waals surface area contributed by atoms with E-state index < -0.39 is 12.7 Å². The van der Waals surface area contributed by atoms with Crippen molar-refractivity contribution in [3.8, 4) is 0 Å². The zero-order valence-corrected chi connectivity index (χ0v) is 22.7. The number of esters is 1. The lowest BCUT2D eigenvalue weighted by atomic mass is 9.81. The molecule has 0 radical (unpaired) electrons. The quantitative estimate of drug-likeness (QED) is 0.180. The molecule has 0 amide bonds. The van der Waals surface area contributed by atoms with Gasteiger partial charge < -0.3 is 25.4 Å². The summed E-state index contributed by atoms with van der Waals surface area (Å²) in [6, 6.07) is 5.79. The molecule has 198 valence electrons. The number of nitrogens with two attached hydrogens (primary N) is 1. The van der Waals surface area contributed by atoms with E-state index in [0.29, 0.717) is 48.3 Å². The minimum Gasteiger partial charge on any atom is -0.464 e. The number of hydrogen-bond donors (Lipinski definition) is 3. The van der Waals surface area contributed by atoms with Crippen LogP contribution in [0.3, 0.4) is 0 Å². The van der Waals surface area contributed by atoms with Crippen molar-refractivity contribution < 1.29 is 19.6 Å². The topological polar surface area (TPSA) is 99.3 Å². The van der Waals surface area contributed by atoms with Gasteiger partial charge in [0.2, 0.25) is 0 Å². The van der Waals surface area contributed by atoms with E-state index in [1.807, 2.05) is 18.2 Å². The second-order valence-corrected chi connectivity index (χ2v) is 11.0. The molecule has 1 saturated heterocycles. The maximum Gasteiger partial charge on any atom is 0.451 e. The van der Waals surface area contributed by atoms with Crippen molar-refractivity contribution in [1.82, 2.24) is 9.80 Å². The fourth-order valence-corrected chi connectivity index (χ4v) is 4.63. The van der Waals surface area contributed by atoms with Crippen molar-refractivity contribution in [3.05, 3.63) is 33.8 Å². The smallest absolute Gasteiger partial charge is 0.451 e. The Balaban J connectivity index is 1.78. The normalized spacial score (nSPS) is 16.9. The first kappa shape index (κ1) is 30.4. The number of carbonyl (C=O) groups is 1. The van der Waals surface area contributed by atoms with Crippen molar-refractivity contribution in [2.75, 3.05) is 39.3 Å². The highest BCUT2D eigenvalue weighted by atomic mass is 35.5. The Morgan fingerprint density at radius 3 is 2.37 bits per heavy atom. The number of halogens is 2. The van der Waals surface area contributed by atoms with Crippen molar-refractivity contribution >= 4 is 36.3 Å². The number of unbranched alkanes of at least 4 members (excludes halogenated alkanes) is 1. The van der Waals surface area contributed by atoms with Crippen LogP contribution in [-0.2, 0) is 16.1 Å². The van der Waals surface area contributed by atoms with Crippen molar-refractivity contribution in [1.29, 1.82) is 0 Å². The van der Waals surface area contributed by atoms with E-state index in [9.17, 15) is 4.79 Å². The molecule has 7 nitrogen and oxygen atoms in total. The first-order chi connectivity index (χ1) is 16.6. The number of rotatable bonds is 15. The van der Waals surface area contributed by atoms with Crippen LogP contribution in [0, 0.1) is 5.92 Å². The Labute approximate surface area is 221 Å². The average Bonchev–Trinajstić information content (AvgIpc) is 2.80. The summed E-state index contributed by atoms with van der Waals surface area (Å²) in [4.78, 5) is 17.7. The summed E-state index contributed by atoms with van der Waals surface area (Å²) in [6.07, 6.45) is 4.20. The van der Waals surface area contributed by atoms with Crippen LogP contribution in [0.2, 0.25) is 16.4 Å². The summed E-state index contributed by atoms with van der Waals surface area (Å²) in [5, 5.41) is 19.3. The summed E-state index contributed by atoms with van der Waals surface area (Å²) >= 11 is 12.2. The highest BCUT2D eigenvalue weighted by Crippen LogP contribution is 2.24. The fourth-order valence-electron chi connectivity index (χ4n) is 4.31. The number of piperazine rings is 1. The first-order valence-electron chi connectivity index (χ1n) is 12.8. The van der Waals surface area contributed by atoms with Crippen LogP contribution >= 0.6 is 23.2 Å². The van der Waals surface area contributed by atoms with E-state index in [1.165, 1.54) is 0 Å². The highest BCUT2D eigenvalue weighted by Gasteiger charge is 2.35. The molecule has 1 unspecified atom stereocenters. The highest BCUT2D eigenvalue weighted by molar-refractivity contribution is 6.42. The lowest BCUT2D eigenvalue weighted by Gasteiger charge is -2.35. The Morgan fingerprint density at radius 2 is 1.74 bits per heavy atom. The summed E-state index contributed by atoms with van der Waals surface area (Å²) in [6.45, 7) is 10.2. The zero-order chi connectivity index (χ0) is 25.8. The Bertz CT molecular complexity index is 779. The third kappa shape index (κ3) is 11.4. The summed E-state index contributed by atoms with van der Waals surface area (Å²) in [5.41, 5.74) is 6.70. The van der Waals surface area contributed by atoms with Gasteiger partial charge in [0.15, 0.2) is 0 Å². The van der Waals surface area contributed by atoms with E-state index in [0.717, 1.165) is 57.7 Å². The molecule has 10 heteroatoms. The number of carbonyl (C=O) groups excluding carboxylic acids is 1. The number of hydrogen-bond acceptors (Lipinski definition) is 7. The number of ether oxygens (including phenoxy) is 1. The molecule has 1 fully saturated rings. The number of nitrogens with zero attached hydrogens (tertiary/aromatic N) is 2. The van der Waals surface area contributed by atoms with Gasteiger partial charge in [-0.3, -0.25) is 9.69 Å². The maximum atomic E-state index is 12.8. The molecular formula is C25H42BCl2N3O4. The van der Waals surface area contributed by atoms with E-state index in [1.54, 1.807) is 0 Å². The van der Waals surface area contributed by atoms with E-state index in [2.05, 4.69) is 23.6 Å². The molecule has 1 aromatic carbocycles. The second kappa shape index (κ2) is 15.4. The molecule has 1 aliphatic rings. The molecule has 4 N–H and O–H groups in total. The largest absolute Gasteiger partial charge is 0.464 e. The summed E-state index contributed by atoms with van der Waals surface area (Å²) in [5.74, 6) is 0.116. The molecule has 2 rings (SSSR count). The molecule has 35 heavy (non-hydrogen) atoms. The summed E-state index contributed by atoms with van der Waals surface area (Å²) in [7, 11) is -1.32. The van der Waals surface area contributed by atoms with Gasteiger partial charge in [0.25, 0.3) is 0 Å². The van der Waals surface area contributed by atoms with Gasteiger partial charge in [-0.1, -0.05) is 56.0 Å². The molecule has 1 aromatic rings. The molecule has 0 spiro atoms. The first-order valence-corrected chi connectivity index (χ1v) is 13.6. The molecule has 1 heterocycles. The Kier molecular flexibility index (Phi) is 13.4. The maximum absolute atomic E-state index is 12.8.